The summed E-state index contributed by atoms with van der Waals surface area (Å²) in [5.74, 6) is 1.12. The quantitative estimate of drug-likeness (QED) is 0.537. The molecule has 0 aliphatic carbocycles. The maximum Gasteiger partial charge on any atom is 0.264 e. The topological polar surface area (TPSA) is 67.9 Å². The Bertz CT molecular complexity index is 1150. The summed E-state index contributed by atoms with van der Waals surface area (Å²) in [7, 11) is 1.62. The Hall–Kier alpha value is -3.51. The molecule has 0 saturated carbocycles. The van der Waals surface area contributed by atoms with Gasteiger partial charge in [0, 0.05) is 34.9 Å². The van der Waals surface area contributed by atoms with Gasteiger partial charge in [0.25, 0.3) is 11.8 Å². The first-order valence-corrected chi connectivity index (χ1v) is 11.1. The van der Waals surface area contributed by atoms with E-state index in [0.717, 1.165) is 16.9 Å². The molecule has 0 aromatic heterocycles. The lowest BCUT2D eigenvalue weighted by Gasteiger charge is -2.23. The van der Waals surface area contributed by atoms with E-state index in [4.69, 9.17) is 21.1 Å². The van der Waals surface area contributed by atoms with E-state index in [2.05, 4.69) is 5.32 Å². The molecule has 0 saturated heterocycles. The van der Waals surface area contributed by atoms with Gasteiger partial charge >= 0.3 is 0 Å². The Labute approximate surface area is 198 Å². The number of nitrogens with zero attached hydrogens (tertiary/aromatic N) is 1. The zero-order valence-electron chi connectivity index (χ0n) is 18.5. The van der Waals surface area contributed by atoms with Crippen molar-refractivity contribution in [2.24, 2.45) is 0 Å². The van der Waals surface area contributed by atoms with Crippen molar-refractivity contribution in [3.63, 3.8) is 0 Å². The van der Waals surface area contributed by atoms with E-state index in [1.807, 2.05) is 37.3 Å². The van der Waals surface area contributed by atoms with Crippen molar-refractivity contribution >= 4 is 29.1 Å². The third-order valence-corrected chi connectivity index (χ3v) is 5.80. The van der Waals surface area contributed by atoms with Crippen molar-refractivity contribution in [2.45, 2.75) is 32.5 Å². The van der Waals surface area contributed by atoms with Crippen LogP contribution >= 0.6 is 11.6 Å². The predicted octanol–water partition coefficient (Wildman–Crippen LogP) is 5.30. The second-order valence-electron chi connectivity index (χ2n) is 7.84. The fourth-order valence-electron chi connectivity index (χ4n) is 3.73. The normalized spacial score (nSPS) is 15.3. The standard InChI is InChI=1S/C26H25ClN2O4/c1-3-23-26(31)29(15-17-4-11-22(32-2)12-5-17)16-19-14-21(10-13-24(19)33-23)28-25(30)18-6-8-20(27)9-7-18/h4-14,23H,3,15-16H2,1-2H3,(H,28,30)/t23-/m0/s1. The monoisotopic (exact) mass is 464 g/mol. The van der Waals surface area contributed by atoms with Crippen LogP contribution in [0, 0.1) is 0 Å². The molecule has 1 aliphatic heterocycles. The molecule has 3 aromatic carbocycles. The van der Waals surface area contributed by atoms with Gasteiger partial charge in [0.05, 0.1) is 7.11 Å². The average molecular weight is 465 g/mol. The molecule has 7 heteroatoms. The molecule has 33 heavy (non-hydrogen) atoms. The minimum Gasteiger partial charge on any atom is -0.497 e. The Morgan fingerprint density at radius 2 is 1.85 bits per heavy atom. The summed E-state index contributed by atoms with van der Waals surface area (Å²) >= 11 is 5.91. The number of carbonyl (C=O) groups excluding carboxylic acids is 2. The molecular formula is C26H25ClN2O4. The maximum atomic E-state index is 13.1. The largest absolute Gasteiger partial charge is 0.497 e. The number of halogens is 1. The van der Waals surface area contributed by atoms with Crippen LogP contribution in [0.3, 0.4) is 0 Å². The first kappa shape index (κ1) is 22.7. The summed E-state index contributed by atoms with van der Waals surface area (Å²) in [6.45, 7) is 2.75. The molecule has 1 aliphatic rings. The Morgan fingerprint density at radius 1 is 1.12 bits per heavy atom. The molecule has 170 valence electrons. The van der Waals surface area contributed by atoms with Crippen molar-refractivity contribution in [2.75, 3.05) is 12.4 Å². The van der Waals surface area contributed by atoms with Gasteiger partial charge < -0.3 is 19.7 Å². The predicted molar refractivity (Wildman–Crippen MR) is 128 cm³/mol. The molecule has 3 aromatic rings. The first-order valence-electron chi connectivity index (χ1n) is 10.7. The second kappa shape index (κ2) is 9.96. The van der Waals surface area contributed by atoms with E-state index >= 15 is 0 Å². The third-order valence-electron chi connectivity index (χ3n) is 5.55. The molecule has 1 heterocycles. The van der Waals surface area contributed by atoms with Crippen LogP contribution in [0.25, 0.3) is 0 Å². The molecule has 4 rings (SSSR count). The highest BCUT2D eigenvalue weighted by Gasteiger charge is 2.30. The van der Waals surface area contributed by atoms with E-state index in [-0.39, 0.29) is 11.8 Å². The molecule has 6 nitrogen and oxygen atoms in total. The summed E-state index contributed by atoms with van der Waals surface area (Å²) in [6, 6.07) is 19.8. The number of nitrogens with one attached hydrogen (secondary N) is 1. The van der Waals surface area contributed by atoms with Gasteiger partial charge in [-0.3, -0.25) is 9.59 Å². The average Bonchev–Trinajstić information content (AvgIpc) is 2.96. The number of hydrogen-bond acceptors (Lipinski definition) is 4. The summed E-state index contributed by atoms with van der Waals surface area (Å²) in [4.78, 5) is 27.5. The van der Waals surface area contributed by atoms with E-state index in [9.17, 15) is 9.59 Å². The van der Waals surface area contributed by atoms with Gasteiger partial charge in [0.1, 0.15) is 11.5 Å². The third kappa shape index (κ3) is 5.29. The smallest absolute Gasteiger partial charge is 0.264 e. The van der Waals surface area contributed by atoms with Crippen LogP contribution in [-0.4, -0.2) is 29.9 Å². The number of fused-ring (bicyclic) bond motifs is 1. The zero-order chi connectivity index (χ0) is 23.4. The molecule has 2 amide bonds. The van der Waals surface area contributed by atoms with Crippen LogP contribution in [0.15, 0.2) is 66.7 Å². The zero-order valence-corrected chi connectivity index (χ0v) is 19.3. The van der Waals surface area contributed by atoms with Crippen LogP contribution in [0.1, 0.15) is 34.8 Å². The van der Waals surface area contributed by atoms with Crippen molar-refractivity contribution in [3.8, 4) is 11.5 Å². The van der Waals surface area contributed by atoms with Gasteiger partial charge in [-0.2, -0.15) is 0 Å². The van der Waals surface area contributed by atoms with E-state index in [1.54, 1.807) is 48.4 Å². The van der Waals surface area contributed by atoms with Crippen LogP contribution in [0.2, 0.25) is 5.02 Å². The Balaban J connectivity index is 1.56. The highest BCUT2D eigenvalue weighted by atomic mass is 35.5. The van der Waals surface area contributed by atoms with Crippen LogP contribution in [0.5, 0.6) is 11.5 Å². The summed E-state index contributed by atoms with van der Waals surface area (Å²) in [5, 5.41) is 3.48. The lowest BCUT2D eigenvalue weighted by Crippen LogP contribution is -2.38. The van der Waals surface area contributed by atoms with E-state index < -0.39 is 6.10 Å². The Morgan fingerprint density at radius 3 is 2.52 bits per heavy atom. The van der Waals surface area contributed by atoms with Crippen LogP contribution in [0.4, 0.5) is 5.69 Å². The molecule has 1 N–H and O–H groups in total. The molecule has 0 spiro atoms. The van der Waals surface area contributed by atoms with Gasteiger partial charge in [0.2, 0.25) is 0 Å². The highest BCUT2D eigenvalue weighted by Crippen LogP contribution is 2.30. The van der Waals surface area contributed by atoms with Crippen LogP contribution in [-0.2, 0) is 17.9 Å². The maximum absolute atomic E-state index is 13.1. The van der Waals surface area contributed by atoms with Gasteiger partial charge in [0.15, 0.2) is 6.10 Å². The lowest BCUT2D eigenvalue weighted by atomic mass is 10.1. The van der Waals surface area contributed by atoms with Crippen molar-refractivity contribution in [3.05, 3.63) is 88.4 Å². The molecule has 1 atom stereocenters. The summed E-state index contributed by atoms with van der Waals surface area (Å²) in [5.41, 5.74) is 2.97. The minimum atomic E-state index is -0.556. The molecule has 0 radical (unpaired) electrons. The van der Waals surface area contributed by atoms with Crippen molar-refractivity contribution < 1.29 is 19.1 Å². The van der Waals surface area contributed by atoms with E-state index in [1.165, 1.54) is 0 Å². The van der Waals surface area contributed by atoms with Gasteiger partial charge in [-0.15, -0.1) is 0 Å². The number of benzene rings is 3. The van der Waals surface area contributed by atoms with Gasteiger partial charge in [-0.1, -0.05) is 30.7 Å². The molecule has 0 unspecified atom stereocenters. The Kier molecular flexibility index (Phi) is 6.84. The second-order valence-corrected chi connectivity index (χ2v) is 8.28. The van der Waals surface area contributed by atoms with Gasteiger partial charge in [-0.25, -0.2) is 0 Å². The van der Waals surface area contributed by atoms with Gasteiger partial charge in [-0.05, 0) is 66.6 Å². The highest BCUT2D eigenvalue weighted by molar-refractivity contribution is 6.30. The first-order chi connectivity index (χ1) is 16.0. The number of methoxy groups -OCH3 is 1. The number of rotatable bonds is 6. The molecule has 0 bridgehead atoms. The van der Waals surface area contributed by atoms with E-state index in [0.29, 0.717) is 41.5 Å². The SMILES string of the molecule is CC[C@@H]1Oc2ccc(NC(=O)c3ccc(Cl)cc3)cc2CN(Cc2ccc(OC)cc2)C1=O. The summed E-state index contributed by atoms with van der Waals surface area (Å²) in [6.07, 6.45) is 0.00547. The molecular weight excluding hydrogens is 440 g/mol. The molecule has 0 fully saturated rings. The fourth-order valence-corrected chi connectivity index (χ4v) is 3.86. The number of ether oxygens (including phenoxy) is 2. The summed E-state index contributed by atoms with van der Waals surface area (Å²) < 4.78 is 11.3. The lowest BCUT2D eigenvalue weighted by molar-refractivity contribution is -0.139. The fraction of sp³-hybridized carbons (Fsp3) is 0.231. The van der Waals surface area contributed by atoms with Crippen molar-refractivity contribution in [1.29, 1.82) is 0 Å². The van der Waals surface area contributed by atoms with Crippen molar-refractivity contribution in [1.82, 2.24) is 4.90 Å². The van der Waals surface area contributed by atoms with Crippen LogP contribution < -0.4 is 14.8 Å². The number of hydrogen-bond donors (Lipinski definition) is 1. The number of carbonyl (C=O) groups is 2. The number of amides is 2. The minimum absolute atomic E-state index is 0.0590. The number of anilines is 1.